The highest BCUT2D eigenvalue weighted by molar-refractivity contribution is 9.13. The third kappa shape index (κ3) is 4.23. The van der Waals surface area contributed by atoms with Gasteiger partial charge in [0.1, 0.15) is 0 Å². The van der Waals surface area contributed by atoms with Gasteiger partial charge < -0.3 is 5.11 Å². The van der Waals surface area contributed by atoms with Gasteiger partial charge in [-0.05, 0) is 56.1 Å². The maximum atomic E-state index is 10.6. The van der Waals surface area contributed by atoms with Gasteiger partial charge in [-0.2, -0.15) is 0 Å². The third-order valence-electron chi connectivity index (χ3n) is 2.20. The molecule has 0 heterocycles. The van der Waals surface area contributed by atoms with Crippen LogP contribution in [-0.2, 0) is 11.3 Å². The molecule has 0 aromatic heterocycles. The van der Waals surface area contributed by atoms with Gasteiger partial charge in [0.15, 0.2) is 0 Å². The fourth-order valence-corrected chi connectivity index (χ4v) is 2.04. The molecule has 1 aromatic rings. The minimum atomic E-state index is -0.793. The van der Waals surface area contributed by atoms with Crippen molar-refractivity contribution >= 4 is 37.8 Å². The Kier molecular flexibility index (Phi) is 5.44. The number of hydrogen-bond donors (Lipinski definition) is 1. The van der Waals surface area contributed by atoms with Gasteiger partial charge in [0.05, 0.1) is 6.54 Å². The molecule has 0 amide bonds. The van der Waals surface area contributed by atoms with Crippen molar-refractivity contribution < 1.29 is 9.90 Å². The van der Waals surface area contributed by atoms with Gasteiger partial charge in [-0.15, -0.1) is 0 Å². The number of benzene rings is 1. The van der Waals surface area contributed by atoms with Crippen molar-refractivity contribution in [2.24, 2.45) is 0 Å². The van der Waals surface area contributed by atoms with Gasteiger partial charge in [0.2, 0.25) is 0 Å². The van der Waals surface area contributed by atoms with Crippen molar-refractivity contribution in [2.75, 3.05) is 13.1 Å². The summed E-state index contributed by atoms with van der Waals surface area (Å²) in [6, 6.07) is 5.93. The van der Waals surface area contributed by atoms with Crippen LogP contribution >= 0.6 is 31.9 Å². The molecule has 5 heteroatoms. The van der Waals surface area contributed by atoms with Crippen molar-refractivity contribution in [3.05, 3.63) is 32.7 Å². The summed E-state index contributed by atoms with van der Waals surface area (Å²) in [5, 5.41) is 8.73. The van der Waals surface area contributed by atoms with E-state index >= 15 is 0 Å². The highest BCUT2D eigenvalue weighted by Crippen LogP contribution is 2.24. The third-order valence-corrected chi connectivity index (χ3v) is 4.08. The molecule has 0 unspecified atom stereocenters. The summed E-state index contributed by atoms with van der Waals surface area (Å²) in [4.78, 5) is 12.5. The van der Waals surface area contributed by atoms with Crippen LogP contribution in [0.5, 0.6) is 0 Å². The van der Waals surface area contributed by atoms with Crippen molar-refractivity contribution in [3.8, 4) is 0 Å². The molecule has 1 aromatic carbocycles. The molecular weight excluding hydrogens is 338 g/mol. The summed E-state index contributed by atoms with van der Waals surface area (Å²) < 4.78 is 1.98. The maximum Gasteiger partial charge on any atom is 0.317 e. The molecule has 0 aliphatic carbocycles. The van der Waals surface area contributed by atoms with Gasteiger partial charge >= 0.3 is 5.97 Å². The first-order chi connectivity index (χ1) is 7.52. The Bertz CT molecular complexity index is 382. The Labute approximate surface area is 112 Å². The SMILES string of the molecule is CCN(CC(=O)O)Cc1ccc(Br)c(Br)c1. The predicted molar refractivity (Wildman–Crippen MR) is 70.4 cm³/mol. The molecule has 16 heavy (non-hydrogen) atoms. The Balaban J connectivity index is 2.70. The number of carboxylic acids is 1. The van der Waals surface area contributed by atoms with E-state index in [0.717, 1.165) is 21.1 Å². The molecule has 1 rings (SSSR count). The van der Waals surface area contributed by atoms with Crippen LogP contribution in [0.2, 0.25) is 0 Å². The summed E-state index contributed by atoms with van der Waals surface area (Å²) in [7, 11) is 0. The minimum Gasteiger partial charge on any atom is -0.480 e. The molecule has 0 fully saturated rings. The first-order valence-electron chi connectivity index (χ1n) is 4.91. The Hall–Kier alpha value is -0.390. The second-order valence-corrected chi connectivity index (χ2v) is 5.15. The lowest BCUT2D eigenvalue weighted by Gasteiger charge is -2.18. The number of carboxylic acid groups (broad SMARTS) is 1. The minimum absolute atomic E-state index is 0.0736. The van der Waals surface area contributed by atoms with Crippen molar-refractivity contribution in [3.63, 3.8) is 0 Å². The summed E-state index contributed by atoms with van der Waals surface area (Å²) in [6.45, 7) is 3.40. The molecule has 0 bridgehead atoms. The highest BCUT2D eigenvalue weighted by atomic mass is 79.9. The molecule has 3 nitrogen and oxygen atoms in total. The van der Waals surface area contributed by atoms with E-state index in [1.54, 1.807) is 0 Å². The average Bonchev–Trinajstić information content (AvgIpc) is 2.22. The average molecular weight is 351 g/mol. The number of likely N-dealkylation sites (N-methyl/N-ethyl adjacent to an activating group) is 1. The number of nitrogens with zero attached hydrogens (tertiary/aromatic N) is 1. The lowest BCUT2D eigenvalue weighted by Crippen LogP contribution is -2.29. The fraction of sp³-hybridized carbons (Fsp3) is 0.364. The quantitative estimate of drug-likeness (QED) is 0.886. The molecule has 1 N–H and O–H groups in total. The summed E-state index contributed by atoms with van der Waals surface area (Å²) >= 11 is 6.83. The Morgan fingerprint density at radius 1 is 1.38 bits per heavy atom. The number of hydrogen-bond acceptors (Lipinski definition) is 2. The van der Waals surface area contributed by atoms with Crippen LogP contribution in [0.4, 0.5) is 0 Å². The predicted octanol–water partition coefficient (Wildman–Crippen LogP) is 3.12. The molecule has 0 aliphatic heterocycles. The molecule has 0 saturated carbocycles. The lowest BCUT2D eigenvalue weighted by atomic mass is 10.2. The van der Waals surface area contributed by atoms with Crippen LogP contribution in [0, 0.1) is 0 Å². The van der Waals surface area contributed by atoms with E-state index in [1.807, 2.05) is 30.0 Å². The zero-order chi connectivity index (χ0) is 12.1. The van der Waals surface area contributed by atoms with Gasteiger partial charge in [-0.1, -0.05) is 13.0 Å². The Morgan fingerprint density at radius 3 is 2.56 bits per heavy atom. The summed E-state index contributed by atoms with van der Waals surface area (Å²) in [5.74, 6) is -0.793. The number of aliphatic carboxylic acids is 1. The van der Waals surface area contributed by atoms with Gasteiger partial charge in [0.25, 0.3) is 0 Å². The van der Waals surface area contributed by atoms with Gasteiger partial charge in [-0.25, -0.2) is 0 Å². The van der Waals surface area contributed by atoms with E-state index in [0.29, 0.717) is 6.54 Å². The summed E-state index contributed by atoms with van der Waals surface area (Å²) in [6.07, 6.45) is 0. The maximum absolute atomic E-state index is 10.6. The molecular formula is C11H13Br2NO2. The van der Waals surface area contributed by atoms with Gasteiger partial charge in [0, 0.05) is 15.5 Å². The van der Waals surface area contributed by atoms with Gasteiger partial charge in [-0.3, -0.25) is 9.69 Å². The number of carbonyl (C=O) groups is 1. The molecule has 0 atom stereocenters. The Morgan fingerprint density at radius 2 is 2.06 bits per heavy atom. The van der Waals surface area contributed by atoms with Crippen molar-refractivity contribution in [1.29, 1.82) is 0 Å². The number of halogens is 2. The standard InChI is InChI=1S/C11H13Br2NO2/c1-2-14(7-11(15)16)6-8-3-4-9(12)10(13)5-8/h3-5H,2,6-7H2,1H3,(H,15,16). The molecule has 0 radical (unpaired) electrons. The van der Waals surface area contributed by atoms with Crippen LogP contribution in [0.15, 0.2) is 27.1 Å². The molecule has 88 valence electrons. The van der Waals surface area contributed by atoms with Crippen LogP contribution in [0.1, 0.15) is 12.5 Å². The van der Waals surface area contributed by atoms with Crippen LogP contribution in [0.25, 0.3) is 0 Å². The van der Waals surface area contributed by atoms with Crippen LogP contribution < -0.4 is 0 Å². The molecule has 0 spiro atoms. The second kappa shape index (κ2) is 6.37. The molecule has 0 saturated heterocycles. The number of rotatable bonds is 5. The lowest BCUT2D eigenvalue weighted by molar-refractivity contribution is -0.138. The normalized spacial score (nSPS) is 10.8. The molecule has 0 aliphatic rings. The van der Waals surface area contributed by atoms with Crippen LogP contribution in [0.3, 0.4) is 0 Å². The first-order valence-corrected chi connectivity index (χ1v) is 6.49. The van der Waals surface area contributed by atoms with E-state index in [2.05, 4.69) is 31.9 Å². The van der Waals surface area contributed by atoms with Crippen molar-refractivity contribution in [1.82, 2.24) is 4.90 Å². The van der Waals surface area contributed by atoms with E-state index in [1.165, 1.54) is 0 Å². The van der Waals surface area contributed by atoms with E-state index in [4.69, 9.17) is 5.11 Å². The van der Waals surface area contributed by atoms with Crippen LogP contribution in [-0.4, -0.2) is 29.1 Å². The van der Waals surface area contributed by atoms with E-state index in [-0.39, 0.29) is 6.54 Å². The highest BCUT2D eigenvalue weighted by Gasteiger charge is 2.08. The van der Waals surface area contributed by atoms with E-state index in [9.17, 15) is 4.79 Å². The second-order valence-electron chi connectivity index (χ2n) is 3.45. The summed E-state index contributed by atoms with van der Waals surface area (Å²) in [5.41, 5.74) is 1.10. The smallest absolute Gasteiger partial charge is 0.317 e. The first kappa shape index (κ1) is 13.7. The van der Waals surface area contributed by atoms with Crippen molar-refractivity contribution in [2.45, 2.75) is 13.5 Å². The monoisotopic (exact) mass is 349 g/mol. The zero-order valence-electron chi connectivity index (χ0n) is 8.91. The fourth-order valence-electron chi connectivity index (χ4n) is 1.37. The topological polar surface area (TPSA) is 40.5 Å². The largest absolute Gasteiger partial charge is 0.480 e. The zero-order valence-corrected chi connectivity index (χ0v) is 12.1. The van der Waals surface area contributed by atoms with E-state index < -0.39 is 5.97 Å².